The number of benzene rings is 2. The minimum absolute atomic E-state index is 0. The summed E-state index contributed by atoms with van der Waals surface area (Å²) in [7, 11) is -2.72. The number of ether oxygens (including phenoxy) is 3. The van der Waals surface area contributed by atoms with Gasteiger partial charge in [0.2, 0.25) is 0 Å². The van der Waals surface area contributed by atoms with Crippen molar-refractivity contribution in [3.05, 3.63) is 58.5 Å². The molecule has 0 unspecified atom stereocenters. The SMILES string of the molecule is CCOc1ccccc1OCC[N-][C@H](C)Cc1ccc(OC)c(S([NH-])(=O)=O)c1.[Mg+2]. The van der Waals surface area contributed by atoms with Gasteiger partial charge in [0, 0.05) is 0 Å². The molecule has 0 aliphatic rings. The minimum Gasteiger partial charge on any atom is -0.657 e. The third-order valence-electron chi connectivity index (χ3n) is 3.99. The smallest absolute Gasteiger partial charge is 0.657 e. The average Bonchev–Trinajstić information content (AvgIpc) is 2.66. The van der Waals surface area contributed by atoms with Crippen LogP contribution in [0.2, 0.25) is 0 Å². The molecule has 154 valence electrons. The van der Waals surface area contributed by atoms with Gasteiger partial charge in [0.15, 0.2) is 11.5 Å². The molecule has 2 rings (SSSR count). The quantitative estimate of drug-likeness (QED) is 0.398. The van der Waals surface area contributed by atoms with E-state index in [1.807, 2.05) is 38.1 Å². The molecule has 1 atom stereocenters. The fourth-order valence-electron chi connectivity index (χ4n) is 2.74. The Morgan fingerprint density at radius 3 is 2.31 bits per heavy atom. The summed E-state index contributed by atoms with van der Waals surface area (Å²) in [5.41, 5.74) is 0.783. The monoisotopic (exact) mass is 430 g/mol. The van der Waals surface area contributed by atoms with Crippen LogP contribution in [0.5, 0.6) is 17.2 Å². The maximum atomic E-state index is 11.6. The van der Waals surface area contributed by atoms with Crippen molar-refractivity contribution in [2.24, 2.45) is 0 Å². The van der Waals surface area contributed by atoms with Crippen LogP contribution in [0.3, 0.4) is 0 Å². The first-order chi connectivity index (χ1) is 13.3. The Hall–Kier alpha value is -1.52. The molecule has 0 radical (unpaired) electrons. The standard InChI is InChI=1S/C20H26N2O5S.Mg/c1-4-26-17-7-5-6-8-18(17)27-12-11-22-15(2)13-16-9-10-19(25-3)20(14-16)28(21,23)24;/h5-10,14-15H,4,11-13H2,1-3H3,(H-,21,23,24);/q-2;+2/t15-;/m1./s1. The van der Waals surface area contributed by atoms with Crippen LogP contribution >= 0.6 is 0 Å². The number of rotatable bonds is 11. The molecule has 0 bridgehead atoms. The second-order valence-corrected chi connectivity index (χ2v) is 7.62. The molecule has 0 saturated carbocycles. The van der Waals surface area contributed by atoms with Crippen LogP contribution < -0.4 is 14.2 Å². The summed E-state index contributed by atoms with van der Waals surface area (Å²) in [5, 5.41) is 11.9. The van der Waals surface area contributed by atoms with Crippen LogP contribution in [0.15, 0.2) is 47.4 Å². The van der Waals surface area contributed by atoms with Gasteiger partial charge in [-0.05, 0) is 43.2 Å². The van der Waals surface area contributed by atoms with Crippen molar-refractivity contribution in [1.82, 2.24) is 0 Å². The van der Waals surface area contributed by atoms with Gasteiger partial charge in [-0.3, -0.25) is 0 Å². The number of para-hydroxylation sites is 2. The number of hydrogen-bond donors (Lipinski definition) is 0. The molecule has 2 aromatic carbocycles. The Kier molecular flexibility index (Phi) is 10.8. The van der Waals surface area contributed by atoms with Crippen molar-refractivity contribution >= 4 is 33.1 Å². The zero-order valence-electron chi connectivity index (χ0n) is 17.1. The van der Waals surface area contributed by atoms with Gasteiger partial charge < -0.3 is 24.7 Å². The number of methoxy groups -OCH3 is 1. The zero-order chi connectivity index (χ0) is 20.6. The molecule has 0 heterocycles. The first-order valence-electron chi connectivity index (χ1n) is 9.03. The largest absolute Gasteiger partial charge is 2.00 e. The topological polar surface area (TPSA) is 99.7 Å². The Morgan fingerprint density at radius 1 is 1.07 bits per heavy atom. The Morgan fingerprint density at radius 2 is 1.72 bits per heavy atom. The molecular weight excluding hydrogens is 405 g/mol. The molecule has 9 heteroatoms. The molecule has 0 amide bonds. The summed E-state index contributed by atoms with van der Waals surface area (Å²) in [6, 6.07) is 12.3. The average molecular weight is 431 g/mol. The van der Waals surface area contributed by atoms with Crippen LogP contribution in [-0.2, 0) is 16.4 Å². The maximum Gasteiger partial charge on any atom is 2.00 e. The molecule has 0 spiro atoms. The third-order valence-corrected chi connectivity index (χ3v) is 4.89. The second-order valence-electron chi connectivity index (χ2n) is 6.18. The molecule has 2 aromatic rings. The van der Waals surface area contributed by atoms with E-state index in [0.717, 1.165) is 5.56 Å². The Labute approximate surface area is 189 Å². The fourth-order valence-corrected chi connectivity index (χ4v) is 3.46. The van der Waals surface area contributed by atoms with E-state index < -0.39 is 10.0 Å². The first-order valence-corrected chi connectivity index (χ1v) is 10.5. The van der Waals surface area contributed by atoms with Gasteiger partial charge in [-0.1, -0.05) is 25.1 Å². The summed E-state index contributed by atoms with van der Waals surface area (Å²) in [6.07, 6.45) is 0.558. The van der Waals surface area contributed by atoms with Gasteiger partial charge in [-0.15, -0.1) is 12.6 Å². The molecule has 7 nitrogen and oxygen atoms in total. The molecule has 0 aliphatic carbocycles. The second kappa shape index (κ2) is 12.2. The first kappa shape index (κ1) is 25.5. The predicted molar refractivity (Wildman–Crippen MR) is 115 cm³/mol. The number of nitrogens with zero attached hydrogens (tertiary/aromatic N) is 1. The summed E-state index contributed by atoms with van der Waals surface area (Å²) in [6.45, 7) is 5.36. The van der Waals surface area contributed by atoms with Crippen molar-refractivity contribution in [3.8, 4) is 17.2 Å². The number of sulfonamides is 1. The third kappa shape index (κ3) is 8.02. The van der Waals surface area contributed by atoms with E-state index in [-0.39, 0.29) is 39.7 Å². The fraction of sp³-hybridized carbons (Fsp3) is 0.400. The van der Waals surface area contributed by atoms with E-state index in [1.165, 1.54) is 13.2 Å². The Bertz CT molecular complexity index is 877. The molecule has 29 heavy (non-hydrogen) atoms. The van der Waals surface area contributed by atoms with Gasteiger partial charge in [-0.2, -0.15) is 0 Å². The van der Waals surface area contributed by atoms with Gasteiger partial charge in [0.05, 0.1) is 25.2 Å². The summed E-state index contributed by atoms with van der Waals surface area (Å²) < 4.78 is 39.5. The molecule has 0 saturated heterocycles. The van der Waals surface area contributed by atoms with Crippen molar-refractivity contribution in [2.45, 2.75) is 31.2 Å². The molecule has 0 aromatic heterocycles. The van der Waals surface area contributed by atoms with Crippen molar-refractivity contribution in [3.63, 3.8) is 0 Å². The minimum atomic E-state index is -4.10. The van der Waals surface area contributed by atoms with E-state index in [0.29, 0.717) is 37.7 Å². The van der Waals surface area contributed by atoms with Crippen molar-refractivity contribution < 1.29 is 22.6 Å². The number of nitrogens with one attached hydrogen (secondary N) is 1. The van der Waals surface area contributed by atoms with Gasteiger partial charge >= 0.3 is 23.1 Å². The normalized spacial score (nSPS) is 12.0. The van der Waals surface area contributed by atoms with E-state index in [1.54, 1.807) is 12.1 Å². The van der Waals surface area contributed by atoms with Crippen LogP contribution in [-0.4, -0.2) is 64.4 Å². The summed E-state index contributed by atoms with van der Waals surface area (Å²) >= 11 is 0. The van der Waals surface area contributed by atoms with Crippen LogP contribution in [0, 0.1) is 0 Å². The predicted octanol–water partition coefficient (Wildman–Crippen LogP) is 3.84. The zero-order valence-corrected chi connectivity index (χ0v) is 19.3. The van der Waals surface area contributed by atoms with Gasteiger partial charge in [0.25, 0.3) is 0 Å². The molecule has 0 fully saturated rings. The van der Waals surface area contributed by atoms with Crippen molar-refractivity contribution in [1.29, 1.82) is 0 Å². The van der Waals surface area contributed by atoms with E-state index in [2.05, 4.69) is 5.32 Å². The Balaban J connectivity index is 0.00000420. The van der Waals surface area contributed by atoms with Crippen molar-refractivity contribution in [2.75, 3.05) is 26.9 Å². The number of hydrogen-bond acceptors (Lipinski definition) is 5. The van der Waals surface area contributed by atoms with E-state index in [9.17, 15) is 8.42 Å². The van der Waals surface area contributed by atoms with E-state index in [4.69, 9.17) is 19.3 Å². The van der Waals surface area contributed by atoms with E-state index >= 15 is 0 Å². The molecular formula is C20H26MgN2O5S. The maximum absolute atomic E-state index is 11.6. The van der Waals surface area contributed by atoms with Crippen LogP contribution in [0.1, 0.15) is 19.4 Å². The summed E-state index contributed by atoms with van der Waals surface area (Å²) in [4.78, 5) is -0.129. The summed E-state index contributed by atoms with van der Waals surface area (Å²) in [5.74, 6) is 1.57. The van der Waals surface area contributed by atoms with Gasteiger partial charge in [0.1, 0.15) is 15.8 Å². The van der Waals surface area contributed by atoms with Gasteiger partial charge in [-0.25, -0.2) is 8.42 Å². The van der Waals surface area contributed by atoms with Crippen LogP contribution in [0.25, 0.3) is 10.5 Å². The van der Waals surface area contributed by atoms with Crippen LogP contribution in [0.4, 0.5) is 0 Å². The molecule has 0 aliphatic heterocycles. The molecule has 1 N–H and O–H groups in total.